The molecule has 9 nitrogen and oxygen atoms in total. The first-order valence-corrected chi connectivity index (χ1v) is 6.00. The van der Waals surface area contributed by atoms with Crippen LogP contribution in [0.4, 0.5) is 4.79 Å². The molecule has 0 unspecified atom stereocenters. The van der Waals surface area contributed by atoms with E-state index >= 15 is 0 Å². The van der Waals surface area contributed by atoms with E-state index in [1.54, 1.807) is 18.7 Å². The number of primary amides is 1. The number of hydrogen-bond acceptors (Lipinski definition) is 4. The van der Waals surface area contributed by atoms with Gasteiger partial charge in [0, 0.05) is 25.5 Å². The highest BCUT2D eigenvalue weighted by atomic mass is 16.4. The fourth-order valence-corrected chi connectivity index (χ4v) is 1.49. The SMILES string of the molecule is NC(=O)C[C@H](NC(=O)NCCCn1ccnc1)C(=O)O. The van der Waals surface area contributed by atoms with Gasteiger partial charge in [-0.3, -0.25) is 4.79 Å². The predicted octanol–water partition coefficient (Wildman–Crippen LogP) is -1.10. The van der Waals surface area contributed by atoms with E-state index in [9.17, 15) is 14.4 Å². The summed E-state index contributed by atoms with van der Waals surface area (Å²) in [4.78, 5) is 36.8. The number of carbonyl (C=O) groups is 3. The second kappa shape index (κ2) is 7.77. The quantitative estimate of drug-likeness (QED) is 0.448. The summed E-state index contributed by atoms with van der Waals surface area (Å²) in [6, 6.07) is -1.97. The third kappa shape index (κ3) is 5.85. The lowest BCUT2D eigenvalue weighted by Crippen LogP contribution is -2.47. The molecule has 110 valence electrons. The number of carboxylic acids is 1. The first kappa shape index (κ1) is 15.5. The van der Waals surface area contributed by atoms with Gasteiger partial charge in [-0.15, -0.1) is 0 Å². The maximum atomic E-state index is 11.4. The third-order valence-electron chi connectivity index (χ3n) is 2.45. The van der Waals surface area contributed by atoms with Crippen molar-refractivity contribution in [2.75, 3.05) is 6.54 Å². The van der Waals surface area contributed by atoms with Crippen LogP contribution in [0.1, 0.15) is 12.8 Å². The average molecular weight is 283 g/mol. The van der Waals surface area contributed by atoms with Gasteiger partial charge in [-0.2, -0.15) is 0 Å². The lowest BCUT2D eigenvalue weighted by Gasteiger charge is -2.13. The van der Waals surface area contributed by atoms with Crippen molar-refractivity contribution in [3.05, 3.63) is 18.7 Å². The molecule has 0 radical (unpaired) electrons. The molecule has 1 heterocycles. The number of hydrogen-bond donors (Lipinski definition) is 4. The van der Waals surface area contributed by atoms with Crippen molar-refractivity contribution in [2.24, 2.45) is 5.73 Å². The number of imidazole rings is 1. The first-order chi connectivity index (χ1) is 9.49. The summed E-state index contributed by atoms with van der Waals surface area (Å²) in [5, 5.41) is 13.5. The zero-order valence-electron chi connectivity index (χ0n) is 10.8. The Hall–Kier alpha value is -2.58. The second-order valence-electron chi connectivity index (χ2n) is 4.12. The Kier molecular flexibility index (Phi) is 6.01. The molecule has 1 aromatic heterocycles. The minimum atomic E-state index is -1.32. The molecule has 0 saturated heterocycles. The summed E-state index contributed by atoms with van der Waals surface area (Å²) in [5.41, 5.74) is 4.90. The van der Waals surface area contributed by atoms with Gasteiger partial charge in [0.15, 0.2) is 0 Å². The molecule has 0 bridgehead atoms. The van der Waals surface area contributed by atoms with Gasteiger partial charge < -0.3 is 26.0 Å². The van der Waals surface area contributed by atoms with Gasteiger partial charge >= 0.3 is 12.0 Å². The van der Waals surface area contributed by atoms with Gasteiger partial charge in [-0.05, 0) is 6.42 Å². The highest BCUT2D eigenvalue weighted by Gasteiger charge is 2.21. The third-order valence-corrected chi connectivity index (χ3v) is 2.45. The summed E-state index contributed by atoms with van der Waals surface area (Å²) in [5.74, 6) is -2.10. The highest BCUT2D eigenvalue weighted by Crippen LogP contribution is 1.92. The molecule has 0 fully saturated rings. The normalized spacial score (nSPS) is 11.6. The van der Waals surface area contributed by atoms with Gasteiger partial charge in [0.25, 0.3) is 0 Å². The number of amides is 3. The van der Waals surface area contributed by atoms with Gasteiger partial charge in [0.2, 0.25) is 5.91 Å². The van der Waals surface area contributed by atoms with Gasteiger partial charge in [-0.25, -0.2) is 14.6 Å². The Balaban J connectivity index is 2.24. The molecule has 0 aliphatic carbocycles. The number of nitrogens with zero attached hydrogens (tertiary/aromatic N) is 2. The number of urea groups is 1. The molecule has 1 aromatic rings. The number of nitrogens with two attached hydrogens (primary N) is 1. The Bertz CT molecular complexity index is 459. The van der Waals surface area contributed by atoms with E-state index in [1.807, 2.05) is 4.57 Å². The van der Waals surface area contributed by atoms with Crippen LogP contribution in [0.3, 0.4) is 0 Å². The van der Waals surface area contributed by atoms with Crippen LogP contribution in [-0.2, 0) is 16.1 Å². The largest absolute Gasteiger partial charge is 0.480 e. The number of aromatic nitrogens is 2. The molecular formula is C11H17N5O4. The van der Waals surface area contributed by atoms with Gasteiger partial charge in [0.05, 0.1) is 12.7 Å². The molecule has 0 spiro atoms. The van der Waals surface area contributed by atoms with E-state index in [-0.39, 0.29) is 0 Å². The fraction of sp³-hybridized carbons (Fsp3) is 0.455. The molecule has 3 amide bonds. The minimum absolute atomic E-state index is 0.368. The van der Waals surface area contributed by atoms with Crippen molar-refractivity contribution in [1.29, 1.82) is 0 Å². The van der Waals surface area contributed by atoms with E-state index in [0.29, 0.717) is 19.5 Å². The van der Waals surface area contributed by atoms with E-state index in [1.165, 1.54) is 0 Å². The maximum absolute atomic E-state index is 11.4. The number of aliphatic carboxylic acids is 1. The van der Waals surface area contributed by atoms with Crippen molar-refractivity contribution in [2.45, 2.75) is 25.4 Å². The van der Waals surface area contributed by atoms with E-state index in [2.05, 4.69) is 15.6 Å². The van der Waals surface area contributed by atoms with Crippen LogP contribution in [0.5, 0.6) is 0 Å². The molecule has 1 atom stereocenters. The number of carboxylic acid groups (broad SMARTS) is 1. The smallest absolute Gasteiger partial charge is 0.326 e. The fourth-order valence-electron chi connectivity index (χ4n) is 1.49. The molecular weight excluding hydrogens is 266 g/mol. The molecule has 0 aliphatic rings. The van der Waals surface area contributed by atoms with Crippen LogP contribution in [-0.4, -0.2) is 45.2 Å². The monoisotopic (exact) mass is 283 g/mol. The highest BCUT2D eigenvalue weighted by molar-refractivity contribution is 5.87. The average Bonchev–Trinajstić information content (AvgIpc) is 2.86. The van der Waals surface area contributed by atoms with Crippen LogP contribution in [0, 0.1) is 0 Å². The summed E-state index contributed by atoms with van der Waals surface area (Å²) in [6.07, 6.45) is 5.33. The van der Waals surface area contributed by atoms with Gasteiger partial charge in [0.1, 0.15) is 6.04 Å². The van der Waals surface area contributed by atoms with E-state index in [4.69, 9.17) is 10.8 Å². The summed E-state index contributed by atoms with van der Waals surface area (Å²) < 4.78 is 1.85. The minimum Gasteiger partial charge on any atom is -0.480 e. The van der Waals surface area contributed by atoms with Crippen LogP contribution in [0.15, 0.2) is 18.7 Å². The molecule has 0 aromatic carbocycles. The van der Waals surface area contributed by atoms with Crippen LogP contribution >= 0.6 is 0 Å². The predicted molar refractivity (Wildman–Crippen MR) is 68.6 cm³/mol. The number of aryl methyl sites for hydroxylation is 1. The molecule has 5 N–H and O–H groups in total. The molecule has 1 rings (SSSR count). The van der Waals surface area contributed by atoms with Crippen molar-refractivity contribution in [3.8, 4) is 0 Å². The van der Waals surface area contributed by atoms with Crippen molar-refractivity contribution < 1.29 is 19.5 Å². The van der Waals surface area contributed by atoms with Crippen molar-refractivity contribution >= 4 is 17.9 Å². The summed E-state index contributed by atoms with van der Waals surface area (Å²) in [6.45, 7) is 1.05. The lowest BCUT2D eigenvalue weighted by molar-refractivity contribution is -0.140. The zero-order chi connectivity index (χ0) is 15.0. The standard InChI is InChI=1S/C11H17N5O4/c12-9(17)6-8(10(18)19)15-11(20)14-2-1-4-16-5-3-13-7-16/h3,5,7-8H,1-2,4,6H2,(H2,12,17)(H,18,19)(H2,14,15,20)/t8-/m0/s1. The molecule has 0 saturated carbocycles. The Labute approximate surface area is 115 Å². The molecule has 0 aliphatic heterocycles. The number of rotatable bonds is 8. The van der Waals surface area contributed by atoms with Crippen molar-refractivity contribution in [3.63, 3.8) is 0 Å². The van der Waals surface area contributed by atoms with Crippen LogP contribution < -0.4 is 16.4 Å². The zero-order valence-corrected chi connectivity index (χ0v) is 10.8. The number of carbonyl (C=O) groups excluding carboxylic acids is 2. The maximum Gasteiger partial charge on any atom is 0.326 e. The lowest BCUT2D eigenvalue weighted by atomic mass is 10.2. The Morgan fingerprint density at radius 2 is 2.15 bits per heavy atom. The topological polar surface area (TPSA) is 139 Å². The van der Waals surface area contributed by atoms with E-state index in [0.717, 1.165) is 0 Å². The van der Waals surface area contributed by atoms with Crippen LogP contribution in [0.25, 0.3) is 0 Å². The van der Waals surface area contributed by atoms with Gasteiger partial charge in [-0.1, -0.05) is 0 Å². The Morgan fingerprint density at radius 3 is 2.70 bits per heavy atom. The van der Waals surface area contributed by atoms with E-state index < -0.39 is 30.4 Å². The molecule has 9 heteroatoms. The summed E-state index contributed by atoms with van der Waals surface area (Å²) in [7, 11) is 0. The van der Waals surface area contributed by atoms with Crippen LogP contribution in [0.2, 0.25) is 0 Å². The molecule has 20 heavy (non-hydrogen) atoms. The Morgan fingerprint density at radius 1 is 1.40 bits per heavy atom. The second-order valence-corrected chi connectivity index (χ2v) is 4.12. The summed E-state index contributed by atoms with van der Waals surface area (Å²) >= 11 is 0. The number of nitrogens with one attached hydrogen (secondary N) is 2. The first-order valence-electron chi connectivity index (χ1n) is 6.00. The van der Waals surface area contributed by atoms with Crippen molar-refractivity contribution in [1.82, 2.24) is 20.2 Å².